The van der Waals surface area contributed by atoms with E-state index in [0.717, 1.165) is 0 Å². The van der Waals surface area contributed by atoms with Gasteiger partial charge in [-0.2, -0.15) is 0 Å². The molecule has 0 rings (SSSR count). The molecule has 0 saturated heterocycles. The van der Waals surface area contributed by atoms with E-state index in [1.54, 1.807) is 0 Å². The van der Waals surface area contributed by atoms with Gasteiger partial charge in [0.1, 0.15) is 0 Å². The molecule has 0 heterocycles. The van der Waals surface area contributed by atoms with Crippen molar-refractivity contribution in [2.24, 2.45) is 0 Å². The monoisotopic (exact) mass is 155 g/mol. The largest absolute Gasteiger partial charge is 2.00 e. The summed E-state index contributed by atoms with van der Waals surface area (Å²) < 4.78 is 8.48. The van der Waals surface area contributed by atoms with Crippen LogP contribution in [0, 0.1) is 0 Å². The molecule has 0 radical (unpaired) electrons. The second-order valence-electron chi connectivity index (χ2n) is 0.224. The molecular formula is H4MgO4PS+. The molecule has 0 amide bonds. The Morgan fingerprint density at radius 1 is 1.29 bits per heavy atom. The van der Waals surface area contributed by atoms with Gasteiger partial charge in [0.15, 0.2) is 0 Å². The minimum atomic E-state index is -3.37. The molecule has 0 aliphatic rings. The van der Waals surface area contributed by atoms with Crippen LogP contribution in [0.2, 0.25) is 0 Å². The third-order valence-electron chi connectivity index (χ3n) is 0. The van der Waals surface area contributed by atoms with Gasteiger partial charge in [0.05, 0.1) is 0 Å². The van der Waals surface area contributed by atoms with Gasteiger partial charge < -0.3 is 15.3 Å². The standard InChI is InChI=1S/Mg.HO3P.H2O.H2S/c;1-4(2)3;;/h;(H,1,2,3);2*1H2/q+2;;;/p-1. The van der Waals surface area contributed by atoms with Gasteiger partial charge in [-0.05, 0) is 0 Å². The Balaban J connectivity index is -0.0000000150. The predicted octanol–water partition coefficient (Wildman–Crippen LogP) is -3.00. The van der Waals surface area contributed by atoms with Crippen LogP contribution in [-0.4, -0.2) is 28.5 Å². The Hall–Kier alpha value is 1.10. The quantitative estimate of drug-likeness (QED) is 0.212. The first-order valence-corrected chi connectivity index (χ1v) is 1.64. The number of hydrogen-bond acceptors (Lipinski definition) is 4. The van der Waals surface area contributed by atoms with Crippen LogP contribution in [0.25, 0.3) is 0 Å². The normalized spacial score (nSPS) is 3.71. The van der Waals surface area contributed by atoms with Gasteiger partial charge in [0.2, 0.25) is 0 Å². The van der Waals surface area contributed by atoms with Crippen molar-refractivity contribution in [3.05, 3.63) is 0 Å². The van der Waals surface area contributed by atoms with E-state index in [2.05, 4.69) is 0 Å². The van der Waals surface area contributed by atoms with Gasteiger partial charge >= 0.3 is 23.1 Å². The zero-order valence-corrected chi connectivity index (χ0v) is 6.87. The second-order valence-corrected chi connectivity index (χ2v) is 0.671. The Morgan fingerprint density at radius 3 is 1.29 bits per heavy atom. The van der Waals surface area contributed by atoms with Crippen molar-refractivity contribution in [2.75, 3.05) is 0 Å². The molecule has 0 bridgehead atoms. The maximum absolute atomic E-state index is 8.48. The Kier molecular flexibility index (Phi) is 54.6. The van der Waals surface area contributed by atoms with Crippen molar-refractivity contribution in [1.29, 1.82) is 0 Å². The van der Waals surface area contributed by atoms with Crippen LogP contribution in [-0.2, 0) is 18.1 Å². The molecule has 0 aromatic heterocycles. The smallest absolute Gasteiger partial charge is 0.870 e. The predicted molar refractivity (Wildman–Crippen MR) is 26.8 cm³/mol. The second kappa shape index (κ2) is 15.7. The summed E-state index contributed by atoms with van der Waals surface area (Å²) in [5.74, 6) is 0. The molecule has 0 saturated carbocycles. The van der Waals surface area contributed by atoms with Crippen LogP contribution in [0.4, 0.5) is 0 Å². The molecule has 7 heavy (non-hydrogen) atoms. The van der Waals surface area contributed by atoms with Crippen molar-refractivity contribution in [2.45, 2.75) is 0 Å². The van der Waals surface area contributed by atoms with Gasteiger partial charge in [0.25, 0.3) is 8.25 Å². The van der Waals surface area contributed by atoms with Gasteiger partial charge in [-0.3, -0.25) is 0 Å². The molecule has 0 spiro atoms. The van der Waals surface area contributed by atoms with E-state index in [-0.39, 0.29) is 42.0 Å². The number of hydrogen-bond donors (Lipinski definition) is 0. The van der Waals surface area contributed by atoms with Crippen molar-refractivity contribution in [1.82, 2.24) is 0 Å². The topological polar surface area (TPSA) is 93.2 Å². The molecule has 4 nitrogen and oxygen atoms in total. The molecule has 0 aliphatic heterocycles. The van der Waals surface area contributed by atoms with Crippen LogP contribution >= 0.6 is 8.25 Å². The van der Waals surface area contributed by atoms with Crippen LogP contribution < -0.4 is 9.79 Å². The molecule has 0 aromatic rings. The molecule has 0 aromatic carbocycles. The third kappa shape index (κ3) is 153. The summed E-state index contributed by atoms with van der Waals surface area (Å²) in [4.78, 5) is 17.0. The average molecular weight is 155 g/mol. The Morgan fingerprint density at radius 2 is 1.29 bits per heavy atom. The molecule has 0 aliphatic carbocycles. The maximum Gasteiger partial charge on any atom is 2.00 e. The van der Waals surface area contributed by atoms with Crippen LogP contribution in [0.1, 0.15) is 0 Å². The fourth-order valence-corrected chi connectivity index (χ4v) is 0. The first kappa shape index (κ1) is 24.3. The van der Waals surface area contributed by atoms with Crippen molar-refractivity contribution >= 4 is 44.8 Å². The van der Waals surface area contributed by atoms with E-state index in [1.807, 2.05) is 0 Å². The van der Waals surface area contributed by atoms with Crippen molar-refractivity contribution in [3.63, 3.8) is 0 Å². The minimum absolute atomic E-state index is 0. The molecule has 0 fully saturated rings. The first-order chi connectivity index (χ1) is 1.73. The van der Waals surface area contributed by atoms with Crippen LogP contribution in [0.15, 0.2) is 0 Å². The van der Waals surface area contributed by atoms with Crippen LogP contribution in [0.5, 0.6) is 0 Å². The van der Waals surface area contributed by atoms with Gasteiger partial charge in [-0.15, -0.1) is 0 Å². The summed E-state index contributed by atoms with van der Waals surface area (Å²) in [5.41, 5.74) is 0. The van der Waals surface area contributed by atoms with E-state index >= 15 is 0 Å². The molecule has 1 N–H and O–H groups in total. The summed E-state index contributed by atoms with van der Waals surface area (Å²) in [6.45, 7) is 0. The zero-order valence-electron chi connectivity index (χ0n) is 3.40. The zero-order chi connectivity index (χ0) is 3.58. The SMILES string of the molecule is O=[P+]([O-])[O-].[Mg+2].[OH-].[SH3+]. The molecule has 7 heteroatoms. The van der Waals surface area contributed by atoms with Crippen LogP contribution in [0.3, 0.4) is 0 Å². The van der Waals surface area contributed by atoms with Crippen molar-refractivity contribution in [3.8, 4) is 0 Å². The van der Waals surface area contributed by atoms with E-state index in [0.29, 0.717) is 0 Å². The fourth-order valence-electron chi connectivity index (χ4n) is 0. The first-order valence-electron chi connectivity index (χ1n) is 0.548. The van der Waals surface area contributed by atoms with Gasteiger partial charge in [-0.1, -0.05) is 18.1 Å². The Bertz CT molecular complexity index is 34.7. The molecular weight excluding hydrogens is 151 g/mol. The third-order valence-corrected chi connectivity index (χ3v) is 0. The van der Waals surface area contributed by atoms with E-state index in [4.69, 9.17) is 14.4 Å². The van der Waals surface area contributed by atoms with Gasteiger partial charge in [-0.25, -0.2) is 0 Å². The van der Waals surface area contributed by atoms with E-state index < -0.39 is 8.25 Å². The maximum atomic E-state index is 8.48. The minimum Gasteiger partial charge on any atom is -0.870 e. The molecule has 40 valence electrons. The fraction of sp³-hybridized carbons (Fsp3) is 0. The molecule has 0 atom stereocenters. The number of rotatable bonds is 0. The summed E-state index contributed by atoms with van der Waals surface area (Å²) >= 11 is 0. The Labute approximate surface area is 64.8 Å². The van der Waals surface area contributed by atoms with E-state index in [1.165, 1.54) is 0 Å². The average Bonchev–Trinajstić information content (AvgIpc) is 0.811. The molecule has 0 unspecified atom stereocenters. The summed E-state index contributed by atoms with van der Waals surface area (Å²) in [6.07, 6.45) is 0. The summed E-state index contributed by atoms with van der Waals surface area (Å²) in [5, 5.41) is 0. The summed E-state index contributed by atoms with van der Waals surface area (Å²) in [7, 11) is -3.37. The summed E-state index contributed by atoms with van der Waals surface area (Å²) in [6, 6.07) is 0. The van der Waals surface area contributed by atoms with Gasteiger partial charge in [0, 0.05) is 0 Å². The van der Waals surface area contributed by atoms with E-state index in [9.17, 15) is 0 Å². The van der Waals surface area contributed by atoms with Crippen molar-refractivity contribution < 1.29 is 19.8 Å².